The summed E-state index contributed by atoms with van der Waals surface area (Å²) >= 11 is 0. The molecule has 0 aromatic rings. The first-order valence-corrected chi connectivity index (χ1v) is 6.80. The van der Waals surface area contributed by atoms with Crippen molar-refractivity contribution >= 4 is 0 Å². The zero-order chi connectivity index (χ0) is 11.1. The van der Waals surface area contributed by atoms with Gasteiger partial charge in [0, 0.05) is 18.1 Å². The summed E-state index contributed by atoms with van der Waals surface area (Å²) in [6, 6.07) is 0.871. The highest BCUT2D eigenvalue weighted by molar-refractivity contribution is 4.98. The minimum atomic E-state index is 0.373. The molecule has 1 heteroatoms. The summed E-state index contributed by atoms with van der Waals surface area (Å²) < 4.78 is 0. The second kappa shape index (κ2) is 4.08. The molecule has 1 saturated heterocycles. The molecule has 0 aromatic carbocycles. The van der Waals surface area contributed by atoms with Gasteiger partial charge in [0.2, 0.25) is 0 Å². The smallest absolute Gasteiger partial charge is 0.0129 e. The highest BCUT2D eigenvalue weighted by Gasteiger charge is 2.44. The molecule has 88 valence electrons. The minimum absolute atomic E-state index is 0.373. The van der Waals surface area contributed by atoms with Crippen molar-refractivity contribution in [3.8, 4) is 0 Å². The van der Waals surface area contributed by atoms with Gasteiger partial charge in [-0.15, -0.1) is 0 Å². The molecule has 3 atom stereocenters. The van der Waals surface area contributed by atoms with Crippen LogP contribution in [0, 0.1) is 11.8 Å². The summed E-state index contributed by atoms with van der Waals surface area (Å²) in [5, 5.41) is 0. The minimum Gasteiger partial charge on any atom is -0.295 e. The predicted octanol–water partition coefficient (Wildman–Crippen LogP) is 3.69. The van der Waals surface area contributed by atoms with Gasteiger partial charge in [-0.3, -0.25) is 4.90 Å². The van der Waals surface area contributed by atoms with Crippen molar-refractivity contribution in [1.29, 1.82) is 0 Å². The number of fused-ring (bicyclic) bond motifs is 1. The lowest BCUT2D eigenvalue weighted by Crippen LogP contribution is -2.45. The molecule has 1 saturated carbocycles. The van der Waals surface area contributed by atoms with E-state index in [1.165, 1.54) is 38.6 Å². The van der Waals surface area contributed by atoms with Crippen molar-refractivity contribution in [1.82, 2.24) is 4.90 Å². The van der Waals surface area contributed by atoms with Crippen molar-refractivity contribution in [2.45, 2.75) is 71.4 Å². The van der Waals surface area contributed by atoms with E-state index in [0.717, 1.165) is 17.9 Å². The van der Waals surface area contributed by atoms with Crippen LogP contribution in [0.1, 0.15) is 59.8 Å². The number of rotatable bonds is 1. The molecule has 1 heterocycles. The zero-order valence-electron chi connectivity index (χ0n) is 10.9. The van der Waals surface area contributed by atoms with Gasteiger partial charge in [0.1, 0.15) is 0 Å². The van der Waals surface area contributed by atoms with E-state index in [-0.39, 0.29) is 0 Å². The Kier molecular flexibility index (Phi) is 3.12. The topological polar surface area (TPSA) is 3.24 Å². The van der Waals surface area contributed by atoms with Gasteiger partial charge in [0.25, 0.3) is 0 Å². The number of nitrogens with zero attached hydrogens (tertiary/aromatic N) is 1. The summed E-state index contributed by atoms with van der Waals surface area (Å²) in [6.45, 7) is 10.9. The molecule has 0 spiro atoms. The van der Waals surface area contributed by atoms with Crippen LogP contribution in [0.5, 0.6) is 0 Å². The van der Waals surface area contributed by atoms with E-state index in [1.54, 1.807) is 0 Å². The Labute approximate surface area is 95.2 Å². The highest BCUT2D eigenvalue weighted by atomic mass is 15.2. The molecule has 3 unspecified atom stereocenters. The molecule has 0 N–H and O–H groups in total. The van der Waals surface area contributed by atoms with Gasteiger partial charge in [-0.2, -0.15) is 0 Å². The van der Waals surface area contributed by atoms with E-state index >= 15 is 0 Å². The van der Waals surface area contributed by atoms with Gasteiger partial charge < -0.3 is 0 Å². The normalized spacial score (nSPS) is 38.0. The lowest BCUT2D eigenvalue weighted by molar-refractivity contribution is 0.102. The van der Waals surface area contributed by atoms with E-state index in [2.05, 4.69) is 32.6 Å². The van der Waals surface area contributed by atoms with Crippen LogP contribution in [0.25, 0.3) is 0 Å². The first-order chi connectivity index (χ1) is 7.04. The molecule has 2 aliphatic rings. The van der Waals surface area contributed by atoms with Crippen LogP contribution in [0.2, 0.25) is 0 Å². The van der Waals surface area contributed by atoms with Crippen molar-refractivity contribution in [2.24, 2.45) is 11.8 Å². The van der Waals surface area contributed by atoms with Crippen LogP contribution >= 0.6 is 0 Å². The van der Waals surface area contributed by atoms with Crippen molar-refractivity contribution in [3.05, 3.63) is 0 Å². The highest BCUT2D eigenvalue weighted by Crippen LogP contribution is 2.44. The summed E-state index contributed by atoms with van der Waals surface area (Å²) in [5.74, 6) is 2.03. The molecule has 1 nitrogen and oxygen atoms in total. The van der Waals surface area contributed by atoms with Crippen LogP contribution in [0.15, 0.2) is 0 Å². The fourth-order valence-electron chi connectivity index (χ4n) is 3.88. The first kappa shape index (κ1) is 11.4. The third kappa shape index (κ3) is 2.08. The van der Waals surface area contributed by atoms with Crippen LogP contribution in [0.3, 0.4) is 0 Å². The SMILES string of the molecule is CCC1C2CCCCC2CN1C(C)(C)C. The van der Waals surface area contributed by atoms with E-state index < -0.39 is 0 Å². The largest absolute Gasteiger partial charge is 0.295 e. The number of hydrogen-bond acceptors (Lipinski definition) is 1. The molecule has 15 heavy (non-hydrogen) atoms. The van der Waals surface area contributed by atoms with Crippen LogP contribution < -0.4 is 0 Å². The summed E-state index contributed by atoms with van der Waals surface area (Å²) in [5.41, 5.74) is 0.373. The Morgan fingerprint density at radius 1 is 1.13 bits per heavy atom. The maximum atomic E-state index is 2.79. The van der Waals surface area contributed by atoms with Gasteiger partial charge in [0.05, 0.1) is 0 Å². The lowest BCUT2D eigenvalue weighted by Gasteiger charge is -2.38. The van der Waals surface area contributed by atoms with E-state index in [9.17, 15) is 0 Å². The molecule has 1 aliphatic heterocycles. The van der Waals surface area contributed by atoms with E-state index in [4.69, 9.17) is 0 Å². The number of likely N-dealkylation sites (tertiary alicyclic amines) is 1. The van der Waals surface area contributed by atoms with Gasteiger partial charge in [0.15, 0.2) is 0 Å². The van der Waals surface area contributed by atoms with Gasteiger partial charge in [-0.1, -0.05) is 19.8 Å². The second-order valence-corrected chi connectivity index (χ2v) is 6.51. The molecule has 0 bridgehead atoms. The molecule has 0 radical (unpaired) electrons. The third-order valence-corrected chi connectivity index (χ3v) is 4.57. The monoisotopic (exact) mass is 209 g/mol. The van der Waals surface area contributed by atoms with Crippen LogP contribution in [0.4, 0.5) is 0 Å². The summed E-state index contributed by atoms with van der Waals surface area (Å²) in [6.07, 6.45) is 7.30. The molecule has 2 fully saturated rings. The Balaban J connectivity index is 2.14. The molecule has 1 aliphatic carbocycles. The van der Waals surface area contributed by atoms with E-state index in [1.807, 2.05) is 0 Å². The fourth-order valence-corrected chi connectivity index (χ4v) is 3.88. The fraction of sp³-hybridized carbons (Fsp3) is 1.00. The number of hydrogen-bond donors (Lipinski definition) is 0. The Hall–Kier alpha value is -0.0400. The van der Waals surface area contributed by atoms with Crippen molar-refractivity contribution < 1.29 is 0 Å². The molecular formula is C14H27N. The Morgan fingerprint density at radius 3 is 2.40 bits per heavy atom. The predicted molar refractivity (Wildman–Crippen MR) is 66.0 cm³/mol. The van der Waals surface area contributed by atoms with Gasteiger partial charge >= 0.3 is 0 Å². The average Bonchev–Trinajstić information content (AvgIpc) is 2.55. The molecular weight excluding hydrogens is 182 g/mol. The molecule has 2 rings (SSSR count). The Bertz CT molecular complexity index is 216. The van der Waals surface area contributed by atoms with Crippen molar-refractivity contribution in [3.63, 3.8) is 0 Å². The van der Waals surface area contributed by atoms with Crippen molar-refractivity contribution in [2.75, 3.05) is 6.54 Å². The lowest BCUT2D eigenvalue weighted by atomic mass is 9.78. The molecule has 0 aromatic heterocycles. The molecule has 0 amide bonds. The maximum Gasteiger partial charge on any atom is 0.0129 e. The summed E-state index contributed by atoms with van der Waals surface area (Å²) in [4.78, 5) is 2.79. The van der Waals surface area contributed by atoms with Crippen LogP contribution in [-0.2, 0) is 0 Å². The second-order valence-electron chi connectivity index (χ2n) is 6.51. The van der Waals surface area contributed by atoms with Crippen LogP contribution in [-0.4, -0.2) is 23.0 Å². The van der Waals surface area contributed by atoms with E-state index in [0.29, 0.717) is 5.54 Å². The maximum absolute atomic E-state index is 2.79. The Morgan fingerprint density at radius 2 is 1.80 bits per heavy atom. The first-order valence-electron chi connectivity index (χ1n) is 6.80. The average molecular weight is 209 g/mol. The third-order valence-electron chi connectivity index (χ3n) is 4.57. The standard InChI is InChI=1S/C14H27N/c1-5-13-12-9-7-6-8-11(12)10-15(13)14(2,3)4/h11-13H,5-10H2,1-4H3. The summed E-state index contributed by atoms with van der Waals surface area (Å²) in [7, 11) is 0. The van der Waals surface area contributed by atoms with Gasteiger partial charge in [-0.25, -0.2) is 0 Å². The zero-order valence-corrected chi connectivity index (χ0v) is 10.9. The quantitative estimate of drug-likeness (QED) is 0.636. The van der Waals surface area contributed by atoms with Gasteiger partial charge in [-0.05, 0) is 51.9 Å².